The van der Waals surface area contributed by atoms with Gasteiger partial charge in [-0.15, -0.1) is 24.8 Å². The minimum absolute atomic E-state index is 0. The Hall–Kier alpha value is -1.60. The Labute approximate surface area is 186 Å². The number of hydrogen-bond donors (Lipinski definition) is 2. The third kappa shape index (κ3) is 6.44. The van der Waals surface area contributed by atoms with Gasteiger partial charge in [-0.25, -0.2) is 0 Å². The minimum Gasteiger partial charge on any atom is -0.351 e. The summed E-state index contributed by atoms with van der Waals surface area (Å²) in [7, 11) is 0. The first-order chi connectivity index (χ1) is 12.9. The van der Waals surface area contributed by atoms with Crippen molar-refractivity contribution in [2.24, 2.45) is 11.1 Å². The zero-order valence-electron chi connectivity index (χ0n) is 17.5. The Morgan fingerprint density at radius 1 is 1.24 bits per heavy atom. The molecule has 0 saturated carbocycles. The van der Waals surface area contributed by atoms with E-state index in [0.717, 1.165) is 43.0 Å². The first-order valence-corrected chi connectivity index (χ1v) is 9.66. The van der Waals surface area contributed by atoms with Gasteiger partial charge < -0.3 is 11.1 Å². The van der Waals surface area contributed by atoms with Crippen LogP contribution in [0.2, 0.25) is 0 Å². The number of carbonyl (C=O) groups excluding carboxylic acids is 1. The zero-order valence-corrected chi connectivity index (χ0v) is 19.1. The maximum Gasteiger partial charge on any atom is 0.234 e. The highest BCUT2D eigenvalue weighted by Gasteiger charge is 2.33. The first-order valence-electron chi connectivity index (χ1n) is 9.66. The minimum atomic E-state index is 0. The average Bonchev–Trinajstić information content (AvgIpc) is 3.15. The Bertz CT molecular complexity index is 796. The number of aromatic nitrogens is 2. The summed E-state index contributed by atoms with van der Waals surface area (Å²) in [6.07, 6.45) is 1.06. The number of likely N-dealkylation sites (tertiary alicyclic amines) is 1. The molecule has 2 aromatic rings. The lowest BCUT2D eigenvalue weighted by atomic mass is 9.90. The first kappa shape index (κ1) is 25.4. The zero-order chi connectivity index (χ0) is 19.4. The SMILES string of the molecule is Cc1nn(Cc2ccccc2)c(C)c1CNC(=O)CN1CCC(C)(CN)C1.Cl.Cl. The molecule has 1 atom stereocenters. The number of rotatable bonds is 7. The molecule has 1 aromatic carbocycles. The van der Waals surface area contributed by atoms with Gasteiger partial charge in [0, 0.05) is 24.3 Å². The van der Waals surface area contributed by atoms with Crippen molar-refractivity contribution in [3.8, 4) is 0 Å². The molecule has 29 heavy (non-hydrogen) atoms. The van der Waals surface area contributed by atoms with E-state index < -0.39 is 0 Å². The summed E-state index contributed by atoms with van der Waals surface area (Å²) in [5, 5.41) is 7.72. The van der Waals surface area contributed by atoms with E-state index in [1.54, 1.807) is 0 Å². The van der Waals surface area contributed by atoms with Gasteiger partial charge in [-0.3, -0.25) is 14.4 Å². The molecule has 2 heterocycles. The van der Waals surface area contributed by atoms with Crippen LogP contribution in [-0.2, 0) is 17.9 Å². The predicted octanol–water partition coefficient (Wildman–Crippen LogP) is 2.68. The van der Waals surface area contributed by atoms with Crippen molar-refractivity contribution in [3.05, 3.63) is 52.8 Å². The molecule has 162 valence electrons. The summed E-state index contributed by atoms with van der Waals surface area (Å²) in [6, 6.07) is 10.3. The summed E-state index contributed by atoms with van der Waals surface area (Å²) >= 11 is 0. The molecule has 0 bridgehead atoms. The van der Waals surface area contributed by atoms with E-state index in [-0.39, 0.29) is 36.1 Å². The number of aryl methyl sites for hydroxylation is 1. The summed E-state index contributed by atoms with van der Waals surface area (Å²) in [5.41, 5.74) is 10.4. The molecular formula is C21H33Cl2N5O. The van der Waals surface area contributed by atoms with Gasteiger partial charge in [0.1, 0.15) is 0 Å². The van der Waals surface area contributed by atoms with Crippen LogP contribution in [0.1, 0.15) is 35.9 Å². The van der Waals surface area contributed by atoms with Crippen LogP contribution in [0.3, 0.4) is 0 Å². The molecule has 6 nitrogen and oxygen atoms in total. The number of carbonyl (C=O) groups is 1. The van der Waals surface area contributed by atoms with Crippen molar-refractivity contribution in [2.75, 3.05) is 26.2 Å². The Morgan fingerprint density at radius 2 is 1.93 bits per heavy atom. The predicted molar refractivity (Wildman–Crippen MR) is 122 cm³/mol. The smallest absolute Gasteiger partial charge is 0.234 e. The van der Waals surface area contributed by atoms with Crippen molar-refractivity contribution in [2.45, 2.75) is 40.3 Å². The molecule has 0 radical (unpaired) electrons. The molecule has 1 fully saturated rings. The second kappa shape index (κ2) is 11.0. The lowest BCUT2D eigenvalue weighted by Crippen LogP contribution is -2.38. The van der Waals surface area contributed by atoms with Gasteiger partial charge in [0.2, 0.25) is 5.91 Å². The fourth-order valence-corrected chi connectivity index (χ4v) is 3.77. The van der Waals surface area contributed by atoms with Crippen LogP contribution < -0.4 is 11.1 Å². The Morgan fingerprint density at radius 3 is 2.55 bits per heavy atom. The van der Waals surface area contributed by atoms with Gasteiger partial charge >= 0.3 is 0 Å². The van der Waals surface area contributed by atoms with Crippen LogP contribution in [0, 0.1) is 19.3 Å². The van der Waals surface area contributed by atoms with Gasteiger partial charge in [0.15, 0.2) is 0 Å². The quantitative estimate of drug-likeness (QED) is 0.692. The second-order valence-electron chi connectivity index (χ2n) is 8.04. The summed E-state index contributed by atoms with van der Waals surface area (Å²) in [4.78, 5) is 14.6. The molecule has 0 spiro atoms. The molecule has 8 heteroatoms. The summed E-state index contributed by atoms with van der Waals surface area (Å²) in [5.74, 6) is 0.0610. The number of nitrogens with zero attached hydrogens (tertiary/aromatic N) is 3. The molecular weight excluding hydrogens is 409 g/mol. The van der Waals surface area contributed by atoms with Crippen LogP contribution in [0.15, 0.2) is 30.3 Å². The lowest BCUT2D eigenvalue weighted by molar-refractivity contribution is -0.122. The third-order valence-corrected chi connectivity index (χ3v) is 5.67. The van der Waals surface area contributed by atoms with Crippen LogP contribution in [0.25, 0.3) is 0 Å². The van der Waals surface area contributed by atoms with Crippen molar-refractivity contribution < 1.29 is 4.79 Å². The van der Waals surface area contributed by atoms with Crippen LogP contribution >= 0.6 is 24.8 Å². The van der Waals surface area contributed by atoms with Crippen molar-refractivity contribution >= 4 is 30.7 Å². The lowest BCUT2D eigenvalue weighted by Gasteiger charge is -2.22. The summed E-state index contributed by atoms with van der Waals surface area (Å²) < 4.78 is 2.01. The monoisotopic (exact) mass is 441 g/mol. The highest BCUT2D eigenvalue weighted by Crippen LogP contribution is 2.28. The van der Waals surface area contributed by atoms with Gasteiger partial charge in [-0.2, -0.15) is 5.10 Å². The van der Waals surface area contributed by atoms with E-state index >= 15 is 0 Å². The standard InChI is InChI=1S/C21H31N5O.2ClH/c1-16-19(17(2)26(24-16)12-18-7-5-4-6-8-18)11-23-20(27)13-25-10-9-21(3,14-22)15-25;;/h4-8H,9-15,22H2,1-3H3,(H,23,27);2*1H. The van der Waals surface area contributed by atoms with Gasteiger partial charge in [-0.05, 0) is 44.3 Å². The van der Waals surface area contributed by atoms with E-state index in [1.807, 2.05) is 29.8 Å². The normalized spacial score (nSPS) is 18.8. The van der Waals surface area contributed by atoms with E-state index in [1.165, 1.54) is 5.56 Å². The fourth-order valence-electron chi connectivity index (χ4n) is 3.77. The van der Waals surface area contributed by atoms with Gasteiger partial charge in [0.05, 0.1) is 18.8 Å². The number of halogens is 2. The van der Waals surface area contributed by atoms with Crippen LogP contribution in [0.5, 0.6) is 0 Å². The molecule has 1 aliphatic rings. The largest absolute Gasteiger partial charge is 0.351 e. The molecule has 3 rings (SSSR count). The highest BCUT2D eigenvalue weighted by atomic mass is 35.5. The summed E-state index contributed by atoms with van der Waals surface area (Å²) in [6.45, 7) is 10.5. The molecule has 1 saturated heterocycles. The van der Waals surface area contributed by atoms with Crippen molar-refractivity contribution in [3.63, 3.8) is 0 Å². The molecule has 1 unspecified atom stereocenters. The average molecular weight is 442 g/mol. The van der Waals surface area contributed by atoms with Crippen molar-refractivity contribution in [1.29, 1.82) is 0 Å². The number of hydrogen-bond acceptors (Lipinski definition) is 4. The molecule has 1 amide bonds. The van der Waals surface area contributed by atoms with E-state index in [9.17, 15) is 4.79 Å². The molecule has 1 aliphatic heterocycles. The Balaban J connectivity index is 0.00000210. The number of nitrogens with two attached hydrogens (primary N) is 1. The molecule has 0 aliphatic carbocycles. The fraction of sp³-hybridized carbons (Fsp3) is 0.524. The number of nitrogens with one attached hydrogen (secondary N) is 1. The van der Waals surface area contributed by atoms with E-state index in [4.69, 9.17) is 5.73 Å². The highest BCUT2D eigenvalue weighted by molar-refractivity contribution is 5.85. The number of amides is 1. The Kier molecular flexibility index (Phi) is 9.62. The molecule has 3 N–H and O–H groups in total. The topological polar surface area (TPSA) is 76.2 Å². The van der Waals surface area contributed by atoms with E-state index in [0.29, 0.717) is 19.6 Å². The molecule has 1 aromatic heterocycles. The maximum absolute atomic E-state index is 12.4. The van der Waals surface area contributed by atoms with Crippen LogP contribution in [-0.4, -0.2) is 46.8 Å². The van der Waals surface area contributed by atoms with Gasteiger partial charge in [-0.1, -0.05) is 37.3 Å². The van der Waals surface area contributed by atoms with Crippen LogP contribution in [0.4, 0.5) is 0 Å². The van der Waals surface area contributed by atoms with Gasteiger partial charge in [0.25, 0.3) is 0 Å². The maximum atomic E-state index is 12.4. The van der Waals surface area contributed by atoms with Crippen molar-refractivity contribution in [1.82, 2.24) is 20.0 Å². The second-order valence-corrected chi connectivity index (χ2v) is 8.04. The van der Waals surface area contributed by atoms with E-state index in [2.05, 4.69) is 41.3 Å². The third-order valence-electron chi connectivity index (χ3n) is 5.67. The number of benzene rings is 1.